The van der Waals surface area contributed by atoms with Gasteiger partial charge < -0.3 is 5.73 Å². The van der Waals surface area contributed by atoms with E-state index in [1.54, 1.807) is 0 Å². The molecule has 0 unspecified atom stereocenters. The third kappa shape index (κ3) is 2.01. The molecule has 1 aliphatic rings. The molecule has 0 saturated carbocycles. The van der Waals surface area contributed by atoms with Crippen LogP contribution in [0.25, 0.3) is 5.82 Å². The van der Waals surface area contributed by atoms with E-state index in [0.717, 1.165) is 30.0 Å². The summed E-state index contributed by atoms with van der Waals surface area (Å²) in [7, 11) is 0. The van der Waals surface area contributed by atoms with Crippen LogP contribution in [0, 0.1) is 12.3 Å². The minimum absolute atomic E-state index is 0.0424. The van der Waals surface area contributed by atoms with E-state index >= 15 is 0 Å². The van der Waals surface area contributed by atoms with Gasteiger partial charge in [-0.2, -0.15) is 0 Å². The molecule has 3 rings (SSSR count). The monoisotopic (exact) mass is 255 g/mol. The van der Waals surface area contributed by atoms with Crippen LogP contribution in [0.3, 0.4) is 0 Å². The number of fused-ring (bicyclic) bond motifs is 1. The maximum absolute atomic E-state index is 7.69. The second-order valence-corrected chi connectivity index (χ2v) is 4.95. The van der Waals surface area contributed by atoms with Gasteiger partial charge in [-0.15, -0.1) is 0 Å². The number of nitrogens with two attached hydrogens (primary N) is 1. The first-order chi connectivity index (χ1) is 9.16. The lowest BCUT2D eigenvalue weighted by atomic mass is 10.0. The van der Waals surface area contributed by atoms with Gasteiger partial charge in [0.15, 0.2) is 0 Å². The van der Waals surface area contributed by atoms with Crippen LogP contribution in [-0.4, -0.2) is 20.4 Å². The highest BCUT2D eigenvalue weighted by molar-refractivity contribution is 5.97. The molecule has 0 radical (unpaired) electrons. The number of amidine groups is 1. The summed E-state index contributed by atoms with van der Waals surface area (Å²) < 4.78 is 2.00. The number of nitrogens with zero attached hydrogens (tertiary/aromatic N) is 3. The van der Waals surface area contributed by atoms with Gasteiger partial charge >= 0.3 is 0 Å². The van der Waals surface area contributed by atoms with Gasteiger partial charge in [-0.1, -0.05) is 0 Å². The van der Waals surface area contributed by atoms with Gasteiger partial charge in [0.2, 0.25) is 0 Å². The van der Waals surface area contributed by atoms with Crippen LogP contribution >= 0.6 is 0 Å². The second-order valence-electron chi connectivity index (χ2n) is 4.95. The van der Waals surface area contributed by atoms with E-state index in [9.17, 15) is 0 Å². The van der Waals surface area contributed by atoms with Crippen LogP contribution in [0.1, 0.15) is 35.5 Å². The van der Waals surface area contributed by atoms with Crippen molar-refractivity contribution in [2.75, 3.05) is 0 Å². The van der Waals surface area contributed by atoms with Crippen molar-refractivity contribution in [2.45, 2.75) is 32.6 Å². The second kappa shape index (κ2) is 4.50. The Morgan fingerprint density at radius 2 is 2.11 bits per heavy atom. The lowest BCUT2D eigenvalue weighted by molar-refractivity contribution is 0.654. The van der Waals surface area contributed by atoms with Gasteiger partial charge in [0.25, 0.3) is 0 Å². The number of aryl methyl sites for hydroxylation is 2. The molecule has 0 amide bonds. The van der Waals surface area contributed by atoms with Gasteiger partial charge in [-0.25, -0.2) is 9.97 Å². The van der Waals surface area contributed by atoms with Crippen molar-refractivity contribution < 1.29 is 0 Å². The van der Waals surface area contributed by atoms with Crippen molar-refractivity contribution in [2.24, 2.45) is 5.73 Å². The Kier molecular flexibility index (Phi) is 2.81. The fourth-order valence-electron chi connectivity index (χ4n) is 2.59. The first-order valence-corrected chi connectivity index (χ1v) is 6.54. The zero-order valence-corrected chi connectivity index (χ0v) is 11.0. The van der Waals surface area contributed by atoms with Crippen LogP contribution in [0.4, 0.5) is 0 Å². The smallest absolute Gasteiger partial charge is 0.149 e. The number of hydrogen-bond donors (Lipinski definition) is 2. The number of nitrogen functional groups attached to an aromatic ring is 1. The fraction of sp³-hybridized carbons (Fsp3) is 0.357. The highest BCUT2D eigenvalue weighted by Crippen LogP contribution is 2.24. The fourth-order valence-corrected chi connectivity index (χ4v) is 2.59. The Morgan fingerprint density at radius 3 is 2.89 bits per heavy atom. The van der Waals surface area contributed by atoms with Gasteiger partial charge in [-0.05, 0) is 44.7 Å². The molecule has 5 heteroatoms. The maximum atomic E-state index is 7.69. The molecule has 0 bridgehead atoms. The molecular weight excluding hydrogens is 238 g/mol. The summed E-state index contributed by atoms with van der Waals surface area (Å²) in [5, 5.41) is 7.69. The predicted molar refractivity (Wildman–Crippen MR) is 73.8 cm³/mol. The minimum atomic E-state index is 0.0424. The summed E-state index contributed by atoms with van der Waals surface area (Å²) in [6, 6.07) is 3.73. The SMILES string of the molecule is Cc1ccc(C(=N)N)c(-n2cnc3c2CCCC3)n1. The summed E-state index contributed by atoms with van der Waals surface area (Å²) in [5.41, 5.74) is 9.61. The van der Waals surface area contributed by atoms with E-state index in [1.807, 2.05) is 30.0 Å². The minimum Gasteiger partial charge on any atom is -0.384 e. The molecule has 5 nitrogen and oxygen atoms in total. The summed E-state index contributed by atoms with van der Waals surface area (Å²) >= 11 is 0. The van der Waals surface area contributed by atoms with Crippen LogP contribution in [0.5, 0.6) is 0 Å². The van der Waals surface area contributed by atoms with Crippen LogP contribution < -0.4 is 5.73 Å². The Bertz CT molecular complexity index is 641. The summed E-state index contributed by atoms with van der Waals surface area (Å²) in [6.45, 7) is 1.94. The molecule has 98 valence electrons. The van der Waals surface area contributed by atoms with Crippen molar-refractivity contribution in [1.82, 2.24) is 14.5 Å². The molecule has 2 aromatic heterocycles. The molecule has 0 aliphatic heterocycles. The Hall–Kier alpha value is -2.17. The zero-order valence-electron chi connectivity index (χ0n) is 11.0. The summed E-state index contributed by atoms with van der Waals surface area (Å²) in [6.07, 6.45) is 6.24. The van der Waals surface area contributed by atoms with E-state index in [0.29, 0.717) is 5.56 Å². The number of aromatic nitrogens is 3. The standard InChI is InChI=1S/C14H17N5/c1-9-6-7-10(13(15)16)14(18-9)19-8-17-11-4-2-3-5-12(11)19/h6-8H,2-5H2,1H3,(H3,15,16). The summed E-state index contributed by atoms with van der Waals surface area (Å²) in [5.74, 6) is 0.768. The first kappa shape index (κ1) is 11.9. The number of rotatable bonds is 2. The van der Waals surface area contributed by atoms with Gasteiger partial charge in [0.05, 0.1) is 11.3 Å². The van der Waals surface area contributed by atoms with E-state index in [4.69, 9.17) is 11.1 Å². The molecule has 3 N–H and O–H groups in total. The summed E-state index contributed by atoms with van der Waals surface area (Å²) in [4.78, 5) is 9.02. The molecule has 19 heavy (non-hydrogen) atoms. The van der Waals surface area contributed by atoms with Crippen molar-refractivity contribution in [3.8, 4) is 5.82 Å². The van der Waals surface area contributed by atoms with E-state index in [1.165, 1.54) is 18.5 Å². The molecule has 0 fully saturated rings. The molecule has 2 aromatic rings. The highest BCUT2D eigenvalue weighted by Gasteiger charge is 2.19. The Balaban J connectivity index is 2.19. The van der Waals surface area contributed by atoms with Crippen molar-refractivity contribution in [3.63, 3.8) is 0 Å². The lowest BCUT2D eigenvalue weighted by Crippen LogP contribution is -2.17. The van der Waals surface area contributed by atoms with Gasteiger partial charge in [-0.3, -0.25) is 9.98 Å². The predicted octanol–water partition coefficient (Wildman–Crippen LogP) is 1.74. The number of imidazole rings is 1. The third-order valence-electron chi connectivity index (χ3n) is 3.56. The first-order valence-electron chi connectivity index (χ1n) is 6.54. The quantitative estimate of drug-likeness (QED) is 0.633. The lowest BCUT2D eigenvalue weighted by Gasteiger charge is -2.15. The topological polar surface area (TPSA) is 80.6 Å². The Morgan fingerprint density at radius 1 is 1.32 bits per heavy atom. The molecule has 0 atom stereocenters. The van der Waals surface area contributed by atoms with Crippen molar-refractivity contribution in [3.05, 3.63) is 41.1 Å². The Labute approximate surface area is 112 Å². The van der Waals surface area contributed by atoms with Gasteiger partial charge in [0.1, 0.15) is 18.0 Å². The largest absolute Gasteiger partial charge is 0.384 e. The molecule has 0 saturated heterocycles. The third-order valence-corrected chi connectivity index (χ3v) is 3.56. The molecular formula is C14H17N5. The molecule has 2 heterocycles. The average Bonchev–Trinajstić information content (AvgIpc) is 2.82. The highest BCUT2D eigenvalue weighted by atomic mass is 15.1. The van der Waals surface area contributed by atoms with Crippen LogP contribution in [0.15, 0.2) is 18.5 Å². The van der Waals surface area contributed by atoms with Crippen molar-refractivity contribution in [1.29, 1.82) is 5.41 Å². The maximum Gasteiger partial charge on any atom is 0.149 e. The van der Waals surface area contributed by atoms with E-state index in [-0.39, 0.29) is 5.84 Å². The molecule has 0 spiro atoms. The van der Waals surface area contributed by atoms with E-state index < -0.39 is 0 Å². The number of pyridine rings is 1. The van der Waals surface area contributed by atoms with Crippen LogP contribution in [0.2, 0.25) is 0 Å². The van der Waals surface area contributed by atoms with Crippen molar-refractivity contribution >= 4 is 5.84 Å². The molecule has 1 aliphatic carbocycles. The number of nitrogens with one attached hydrogen (secondary N) is 1. The van der Waals surface area contributed by atoms with E-state index in [2.05, 4.69) is 9.97 Å². The average molecular weight is 255 g/mol. The zero-order chi connectivity index (χ0) is 13.4. The van der Waals surface area contributed by atoms with Gasteiger partial charge in [0, 0.05) is 11.4 Å². The van der Waals surface area contributed by atoms with Crippen LogP contribution in [-0.2, 0) is 12.8 Å². The molecule has 0 aromatic carbocycles. The number of hydrogen-bond acceptors (Lipinski definition) is 3. The normalized spacial score (nSPS) is 14.2.